The number of rotatable bonds is 2. The lowest BCUT2D eigenvalue weighted by Gasteiger charge is -2.24. The van der Waals surface area contributed by atoms with E-state index in [0.29, 0.717) is 12.2 Å². The highest BCUT2D eigenvalue weighted by Gasteiger charge is 2.20. The molecule has 0 amide bonds. The van der Waals surface area contributed by atoms with Crippen LogP contribution in [0.1, 0.15) is 40.7 Å². The predicted octanol–water partition coefficient (Wildman–Crippen LogP) is 2.81. The first-order valence-corrected chi connectivity index (χ1v) is 6.55. The van der Waals surface area contributed by atoms with Gasteiger partial charge in [-0.25, -0.2) is 4.79 Å². The van der Waals surface area contributed by atoms with E-state index in [-0.39, 0.29) is 5.97 Å². The van der Waals surface area contributed by atoms with Crippen molar-refractivity contribution in [3.05, 3.63) is 41.1 Å². The molecule has 1 saturated heterocycles. The molecular weight excluding hydrogens is 226 g/mol. The van der Waals surface area contributed by atoms with E-state index in [1.807, 2.05) is 18.2 Å². The highest BCUT2D eigenvalue weighted by Crippen LogP contribution is 2.21. The molecule has 0 spiro atoms. The first-order chi connectivity index (χ1) is 8.83. The van der Waals surface area contributed by atoms with Crippen LogP contribution >= 0.6 is 0 Å². The summed E-state index contributed by atoms with van der Waals surface area (Å²) in [6, 6.07) is 5.88. The molecule has 94 valence electrons. The number of benzene rings is 1. The number of carbonyl (C=O) groups excluding carboxylic acids is 1. The van der Waals surface area contributed by atoms with Crippen LogP contribution < -0.4 is 0 Å². The van der Waals surface area contributed by atoms with Crippen molar-refractivity contribution in [3.8, 4) is 0 Å². The smallest absolute Gasteiger partial charge is 0.338 e. The minimum Gasteiger partial charge on any atom is -0.457 e. The largest absolute Gasteiger partial charge is 0.457 e. The Morgan fingerprint density at radius 1 is 1.17 bits per heavy atom. The SMILES string of the molecule is O=C1OCc2cc(C=CN3CCCCC3)ccc21. The summed E-state index contributed by atoms with van der Waals surface area (Å²) in [6.45, 7) is 2.73. The van der Waals surface area contributed by atoms with E-state index >= 15 is 0 Å². The van der Waals surface area contributed by atoms with Gasteiger partial charge in [-0.05, 0) is 49.2 Å². The third-order valence-electron chi connectivity index (χ3n) is 3.58. The lowest BCUT2D eigenvalue weighted by molar-refractivity contribution is 0.0535. The topological polar surface area (TPSA) is 29.5 Å². The molecule has 2 aliphatic heterocycles. The minimum atomic E-state index is -0.198. The van der Waals surface area contributed by atoms with E-state index in [0.717, 1.165) is 24.2 Å². The highest BCUT2D eigenvalue weighted by atomic mass is 16.5. The van der Waals surface area contributed by atoms with Crippen molar-refractivity contribution in [3.63, 3.8) is 0 Å². The van der Waals surface area contributed by atoms with Crippen molar-refractivity contribution in [2.24, 2.45) is 0 Å². The van der Waals surface area contributed by atoms with Crippen LogP contribution in [0.25, 0.3) is 6.08 Å². The second-order valence-electron chi connectivity index (χ2n) is 4.91. The lowest BCUT2D eigenvalue weighted by Crippen LogP contribution is -2.23. The Hall–Kier alpha value is -1.77. The molecule has 0 N–H and O–H groups in total. The van der Waals surface area contributed by atoms with Gasteiger partial charge in [0.05, 0.1) is 5.56 Å². The molecule has 1 fully saturated rings. The van der Waals surface area contributed by atoms with Gasteiger partial charge in [0.2, 0.25) is 0 Å². The van der Waals surface area contributed by atoms with E-state index in [1.165, 1.54) is 19.3 Å². The van der Waals surface area contributed by atoms with Crippen molar-refractivity contribution in [2.75, 3.05) is 13.1 Å². The van der Waals surface area contributed by atoms with Crippen LogP contribution in [-0.4, -0.2) is 24.0 Å². The first kappa shape index (κ1) is 11.3. The van der Waals surface area contributed by atoms with Crippen molar-refractivity contribution in [1.29, 1.82) is 0 Å². The van der Waals surface area contributed by atoms with E-state index in [1.54, 1.807) is 0 Å². The second kappa shape index (κ2) is 4.84. The van der Waals surface area contributed by atoms with Gasteiger partial charge in [0, 0.05) is 18.7 Å². The van der Waals surface area contributed by atoms with Gasteiger partial charge in [-0.2, -0.15) is 0 Å². The molecule has 0 radical (unpaired) electrons. The first-order valence-electron chi connectivity index (χ1n) is 6.55. The Kier molecular flexibility index (Phi) is 3.05. The summed E-state index contributed by atoms with van der Waals surface area (Å²) in [5.74, 6) is -0.198. The van der Waals surface area contributed by atoms with E-state index in [4.69, 9.17) is 4.74 Å². The number of nitrogens with zero attached hydrogens (tertiary/aromatic N) is 1. The summed E-state index contributed by atoms with van der Waals surface area (Å²) in [6.07, 6.45) is 8.21. The summed E-state index contributed by atoms with van der Waals surface area (Å²) in [5.41, 5.74) is 2.85. The number of hydrogen-bond donors (Lipinski definition) is 0. The van der Waals surface area contributed by atoms with Gasteiger partial charge in [0.25, 0.3) is 0 Å². The quantitative estimate of drug-likeness (QED) is 0.748. The summed E-state index contributed by atoms with van der Waals surface area (Å²) in [5, 5.41) is 0. The number of hydrogen-bond acceptors (Lipinski definition) is 3. The molecule has 3 nitrogen and oxygen atoms in total. The van der Waals surface area contributed by atoms with Gasteiger partial charge in [0.1, 0.15) is 6.61 Å². The molecule has 18 heavy (non-hydrogen) atoms. The molecule has 0 atom stereocenters. The van der Waals surface area contributed by atoms with Gasteiger partial charge < -0.3 is 9.64 Å². The number of likely N-dealkylation sites (tertiary alicyclic amines) is 1. The molecule has 1 aromatic rings. The van der Waals surface area contributed by atoms with Crippen molar-refractivity contribution < 1.29 is 9.53 Å². The number of piperidine rings is 1. The average Bonchev–Trinajstić information content (AvgIpc) is 2.79. The molecule has 0 aromatic heterocycles. The number of fused-ring (bicyclic) bond motifs is 1. The van der Waals surface area contributed by atoms with E-state index in [9.17, 15) is 4.79 Å². The zero-order valence-electron chi connectivity index (χ0n) is 10.4. The summed E-state index contributed by atoms with van der Waals surface area (Å²) in [4.78, 5) is 13.7. The molecule has 0 unspecified atom stereocenters. The normalized spacial score (nSPS) is 19.1. The Labute approximate surface area is 107 Å². The fourth-order valence-corrected chi connectivity index (χ4v) is 2.52. The van der Waals surface area contributed by atoms with Gasteiger partial charge in [0.15, 0.2) is 0 Å². The van der Waals surface area contributed by atoms with Crippen LogP contribution in [0.4, 0.5) is 0 Å². The van der Waals surface area contributed by atoms with E-state index in [2.05, 4.69) is 17.2 Å². The summed E-state index contributed by atoms with van der Waals surface area (Å²) < 4.78 is 5.00. The number of ether oxygens (including phenoxy) is 1. The predicted molar refractivity (Wildman–Crippen MR) is 70.0 cm³/mol. The molecular formula is C15H17NO2. The van der Waals surface area contributed by atoms with Crippen LogP contribution in [-0.2, 0) is 11.3 Å². The van der Waals surface area contributed by atoms with Crippen LogP contribution in [0.3, 0.4) is 0 Å². The minimum absolute atomic E-state index is 0.198. The average molecular weight is 243 g/mol. The van der Waals surface area contributed by atoms with E-state index < -0.39 is 0 Å². The zero-order valence-corrected chi connectivity index (χ0v) is 10.4. The van der Waals surface area contributed by atoms with Gasteiger partial charge >= 0.3 is 5.97 Å². The maximum atomic E-state index is 11.3. The maximum absolute atomic E-state index is 11.3. The Morgan fingerprint density at radius 2 is 2.00 bits per heavy atom. The number of esters is 1. The van der Waals surface area contributed by atoms with Gasteiger partial charge in [-0.1, -0.05) is 6.07 Å². The van der Waals surface area contributed by atoms with Crippen molar-refractivity contribution >= 4 is 12.0 Å². The van der Waals surface area contributed by atoms with Gasteiger partial charge in [-0.15, -0.1) is 0 Å². The molecule has 2 heterocycles. The molecule has 0 aliphatic carbocycles. The van der Waals surface area contributed by atoms with Crippen LogP contribution in [0.5, 0.6) is 0 Å². The third-order valence-corrected chi connectivity index (χ3v) is 3.58. The molecule has 3 rings (SSSR count). The molecule has 1 aromatic carbocycles. The summed E-state index contributed by atoms with van der Waals surface area (Å²) >= 11 is 0. The third kappa shape index (κ3) is 2.26. The van der Waals surface area contributed by atoms with Crippen LogP contribution in [0.15, 0.2) is 24.4 Å². The Morgan fingerprint density at radius 3 is 2.83 bits per heavy atom. The van der Waals surface area contributed by atoms with Gasteiger partial charge in [-0.3, -0.25) is 0 Å². The van der Waals surface area contributed by atoms with Crippen molar-refractivity contribution in [2.45, 2.75) is 25.9 Å². The highest BCUT2D eigenvalue weighted by molar-refractivity contribution is 5.93. The molecule has 3 heteroatoms. The molecule has 0 bridgehead atoms. The Balaban J connectivity index is 1.73. The molecule has 2 aliphatic rings. The fourth-order valence-electron chi connectivity index (χ4n) is 2.52. The second-order valence-corrected chi connectivity index (χ2v) is 4.91. The number of cyclic esters (lactones) is 1. The van der Waals surface area contributed by atoms with Crippen molar-refractivity contribution in [1.82, 2.24) is 4.90 Å². The lowest BCUT2D eigenvalue weighted by atomic mass is 10.1. The monoisotopic (exact) mass is 243 g/mol. The zero-order chi connectivity index (χ0) is 12.4. The molecule has 0 saturated carbocycles. The van der Waals surface area contributed by atoms with Crippen LogP contribution in [0, 0.1) is 0 Å². The fraction of sp³-hybridized carbons (Fsp3) is 0.400. The standard InChI is InChI=1S/C15H17NO2/c17-15-14-5-4-12(10-13(14)11-18-15)6-9-16-7-2-1-3-8-16/h4-6,9-10H,1-3,7-8,11H2. The maximum Gasteiger partial charge on any atom is 0.338 e. The summed E-state index contributed by atoms with van der Waals surface area (Å²) in [7, 11) is 0. The Bertz CT molecular complexity index is 487. The van der Waals surface area contributed by atoms with Crippen LogP contribution in [0.2, 0.25) is 0 Å². The number of carbonyl (C=O) groups is 1.